The molecule has 2 aliphatic heterocycles. The van der Waals surface area contributed by atoms with Crippen molar-refractivity contribution in [1.82, 2.24) is 4.90 Å². The van der Waals surface area contributed by atoms with Crippen LogP contribution in [0, 0.1) is 0 Å². The van der Waals surface area contributed by atoms with Crippen LogP contribution < -0.4 is 4.90 Å². The summed E-state index contributed by atoms with van der Waals surface area (Å²) in [5.41, 5.74) is 2.65. The van der Waals surface area contributed by atoms with Crippen LogP contribution in [0.1, 0.15) is 33.1 Å². The molecule has 106 valence electrons. The Morgan fingerprint density at radius 3 is 2.30 bits per heavy atom. The molecule has 3 heteroatoms. The molecule has 0 aliphatic carbocycles. The van der Waals surface area contributed by atoms with E-state index >= 15 is 0 Å². The Kier molecular flexibility index (Phi) is 3.55. The van der Waals surface area contributed by atoms with E-state index in [0.717, 1.165) is 11.4 Å². The number of rotatable bonds is 2. The van der Waals surface area contributed by atoms with Crippen LogP contribution in [-0.4, -0.2) is 28.5 Å². The van der Waals surface area contributed by atoms with Gasteiger partial charge in [-0.25, -0.2) is 0 Å². The molecule has 0 N–H and O–H groups in total. The molecule has 0 spiro atoms. The standard InChI is InChI=1S/C17H22N2S/c1-17(2)13-15(18-10-6-7-11-18)12-16(20)19(17)14-8-4-3-5-9-14/h3-5,8-9,12H,6-7,10-11,13H2,1-2H3. The van der Waals surface area contributed by atoms with Crippen molar-refractivity contribution in [3.8, 4) is 0 Å². The Morgan fingerprint density at radius 2 is 1.70 bits per heavy atom. The highest BCUT2D eigenvalue weighted by molar-refractivity contribution is 7.81. The van der Waals surface area contributed by atoms with Gasteiger partial charge in [0.2, 0.25) is 0 Å². The normalized spacial score (nSPS) is 22.1. The second-order valence-corrected chi connectivity index (χ2v) is 6.75. The van der Waals surface area contributed by atoms with Gasteiger partial charge in [0.15, 0.2) is 0 Å². The molecule has 0 bridgehead atoms. The predicted molar refractivity (Wildman–Crippen MR) is 89.1 cm³/mol. The van der Waals surface area contributed by atoms with E-state index < -0.39 is 0 Å². The summed E-state index contributed by atoms with van der Waals surface area (Å²) in [5.74, 6) is 0. The van der Waals surface area contributed by atoms with Crippen LogP contribution in [0.15, 0.2) is 42.1 Å². The highest BCUT2D eigenvalue weighted by Crippen LogP contribution is 2.35. The van der Waals surface area contributed by atoms with Crippen molar-refractivity contribution < 1.29 is 0 Å². The third-order valence-corrected chi connectivity index (χ3v) is 4.56. The molecule has 1 saturated heterocycles. The highest BCUT2D eigenvalue weighted by atomic mass is 32.1. The molecule has 0 saturated carbocycles. The zero-order valence-corrected chi connectivity index (χ0v) is 13.1. The predicted octanol–water partition coefficient (Wildman–Crippen LogP) is 3.98. The molecule has 2 nitrogen and oxygen atoms in total. The van der Waals surface area contributed by atoms with E-state index in [4.69, 9.17) is 12.2 Å². The highest BCUT2D eigenvalue weighted by Gasteiger charge is 2.36. The largest absolute Gasteiger partial charge is 0.375 e. The Morgan fingerprint density at radius 1 is 1.05 bits per heavy atom. The first-order chi connectivity index (χ1) is 9.58. The smallest absolute Gasteiger partial charge is 0.108 e. The Bertz CT molecular complexity index is 527. The van der Waals surface area contributed by atoms with Gasteiger partial charge in [0.05, 0.1) is 0 Å². The van der Waals surface area contributed by atoms with Crippen molar-refractivity contribution in [3.05, 3.63) is 42.1 Å². The number of likely N-dealkylation sites (tertiary alicyclic amines) is 1. The zero-order chi connectivity index (χ0) is 14.2. The minimum Gasteiger partial charge on any atom is -0.375 e. The van der Waals surface area contributed by atoms with Crippen LogP contribution >= 0.6 is 12.2 Å². The van der Waals surface area contributed by atoms with Gasteiger partial charge in [-0.2, -0.15) is 0 Å². The first-order valence-electron chi connectivity index (χ1n) is 7.43. The molecule has 20 heavy (non-hydrogen) atoms. The van der Waals surface area contributed by atoms with Crippen LogP contribution in [0.3, 0.4) is 0 Å². The average molecular weight is 286 g/mol. The number of hydrogen-bond donors (Lipinski definition) is 0. The number of nitrogens with zero attached hydrogens (tertiary/aromatic N) is 2. The molecule has 1 aromatic carbocycles. The number of thiocarbonyl (C=S) groups is 1. The van der Waals surface area contributed by atoms with E-state index in [0.29, 0.717) is 0 Å². The van der Waals surface area contributed by atoms with Crippen molar-refractivity contribution in [2.75, 3.05) is 18.0 Å². The summed E-state index contributed by atoms with van der Waals surface area (Å²) < 4.78 is 0. The molecular weight excluding hydrogens is 264 g/mol. The number of anilines is 1. The second-order valence-electron chi connectivity index (χ2n) is 6.33. The molecule has 2 aliphatic rings. The maximum atomic E-state index is 5.69. The summed E-state index contributed by atoms with van der Waals surface area (Å²) >= 11 is 5.69. The average Bonchev–Trinajstić information content (AvgIpc) is 2.92. The minimum atomic E-state index is 0.0328. The third-order valence-electron chi connectivity index (χ3n) is 4.26. The van der Waals surface area contributed by atoms with E-state index in [1.807, 2.05) is 0 Å². The summed E-state index contributed by atoms with van der Waals surface area (Å²) in [4.78, 5) is 5.74. The van der Waals surface area contributed by atoms with Crippen molar-refractivity contribution >= 4 is 22.9 Å². The number of benzene rings is 1. The van der Waals surface area contributed by atoms with Gasteiger partial charge in [0.25, 0.3) is 0 Å². The fraction of sp³-hybridized carbons (Fsp3) is 0.471. The monoisotopic (exact) mass is 286 g/mol. The van der Waals surface area contributed by atoms with Gasteiger partial charge in [-0.3, -0.25) is 0 Å². The maximum absolute atomic E-state index is 5.69. The van der Waals surface area contributed by atoms with Crippen LogP contribution in [0.4, 0.5) is 5.69 Å². The van der Waals surface area contributed by atoms with Crippen LogP contribution in [0.25, 0.3) is 0 Å². The lowest BCUT2D eigenvalue weighted by Crippen LogP contribution is -2.51. The van der Waals surface area contributed by atoms with Crippen molar-refractivity contribution in [2.45, 2.75) is 38.6 Å². The molecule has 2 heterocycles. The third kappa shape index (κ3) is 2.47. The molecular formula is C17H22N2S. The van der Waals surface area contributed by atoms with Crippen molar-refractivity contribution in [3.63, 3.8) is 0 Å². The van der Waals surface area contributed by atoms with Crippen LogP contribution in [0.2, 0.25) is 0 Å². The summed E-state index contributed by atoms with van der Waals surface area (Å²) in [6.45, 7) is 6.95. The van der Waals surface area contributed by atoms with E-state index in [-0.39, 0.29) is 5.54 Å². The van der Waals surface area contributed by atoms with Gasteiger partial charge in [0.1, 0.15) is 4.99 Å². The van der Waals surface area contributed by atoms with Gasteiger partial charge < -0.3 is 9.80 Å². The Hall–Kier alpha value is -1.35. The van der Waals surface area contributed by atoms with Crippen LogP contribution in [-0.2, 0) is 0 Å². The van der Waals surface area contributed by atoms with Gasteiger partial charge in [-0.1, -0.05) is 30.4 Å². The number of hydrogen-bond acceptors (Lipinski definition) is 2. The van der Waals surface area contributed by atoms with Gasteiger partial charge in [0, 0.05) is 36.4 Å². The first-order valence-corrected chi connectivity index (χ1v) is 7.83. The van der Waals surface area contributed by atoms with Gasteiger partial charge in [-0.15, -0.1) is 0 Å². The fourth-order valence-corrected chi connectivity index (χ4v) is 3.83. The second kappa shape index (κ2) is 5.21. The van der Waals surface area contributed by atoms with Gasteiger partial charge >= 0.3 is 0 Å². The Balaban J connectivity index is 1.92. The Labute approximate surface area is 127 Å². The van der Waals surface area contributed by atoms with Crippen molar-refractivity contribution in [1.29, 1.82) is 0 Å². The molecule has 0 amide bonds. The minimum absolute atomic E-state index is 0.0328. The molecule has 0 radical (unpaired) electrons. The summed E-state index contributed by atoms with van der Waals surface area (Å²) in [5, 5.41) is 0. The van der Waals surface area contributed by atoms with Crippen molar-refractivity contribution in [2.24, 2.45) is 0 Å². The fourth-order valence-electron chi connectivity index (χ4n) is 3.34. The lowest BCUT2D eigenvalue weighted by molar-refractivity contribution is 0.364. The van der Waals surface area contributed by atoms with Gasteiger partial charge in [-0.05, 0) is 44.9 Å². The first kappa shape index (κ1) is 13.6. The van der Waals surface area contributed by atoms with E-state index in [1.165, 1.54) is 37.3 Å². The maximum Gasteiger partial charge on any atom is 0.108 e. The summed E-state index contributed by atoms with van der Waals surface area (Å²) in [7, 11) is 0. The molecule has 3 rings (SSSR count). The van der Waals surface area contributed by atoms with E-state index in [2.05, 4.69) is 60.1 Å². The molecule has 0 unspecified atom stereocenters. The lowest BCUT2D eigenvalue weighted by Gasteiger charge is -2.45. The summed E-state index contributed by atoms with van der Waals surface area (Å²) in [6, 6.07) is 10.5. The molecule has 0 aromatic heterocycles. The van der Waals surface area contributed by atoms with E-state index in [9.17, 15) is 0 Å². The zero-order valence-electron chi connectivity index (χ0n) is 12.3. The SMILES string of the molecule is CC1(C)CC(N2CCCC2)=CC(=S)N1c1ccccc1. The summed E-state index contributed by atoms with van der Waals surface area (Å²) in [6.07, 6.45) is 5.89. The molecule has 1 fully saturated rings. The quantitative estimate of drug-likeness (QED) is 0.759. The lowest BCUT2D eigenvalue weighted by atomic mass is 9.91. The topological polar surface area (TPSA) is 6.48 Å². The van der Waals surface area contributed by atoms with E-state index in [1.54, 1.807) is 0 Å². The van der Waals surface area contributed by atoms with Crippen LogP contribution in [0.5, 0.6) is 0 Å². The molecule has 0 atom stereocenters. The number of para-hydroxylation sites is 1. The molecule has 1 aromatic rings.